The van der Waals surface area contributed by atoms with E-state index in [1.54, 1.807) is 26.5 Å². The van der Waals surface area contributed by atoms with Gasteiger partial charge in [-0.2, -0.15) is 0 Å². The second kappa shape index (κ2) is 5.33. The van der Waals surface area contributed by atoms with Gasteiger partial charge >= 0.3 is 0 Å². The van der Waals surface area contributed by atoms with Gasteiger partial charge in [-0.05, 0) is 12.5 Å². The molecule has 0 bridgehead atoms. The highest BCUT2D eigenvalue weighted by Crippen LogP contribution is 2.30. The van der Waals surface area contributed by atoms with Crippen LogP contribution in [-0.4, -0.2) is 43.7 Å². The molecule has 17 heavy (non-hydrogen) atoms. The molecule has 0 spiro atoms. The van der Waals surface area contributed by atoms with Gasteiger partial charge < -0.3 is 15.2 Å². The molecule has 94 valence electrons. The van der Waals surface area contributed by atoms with Gasteiger partial charge in [-0.15, -0.1) is 0 Å². The first kappa shape index (κ1) is 12.1. The largest absolute Gasteiger partial charge is 0.493 e. The third-order valence-corrected chi connectivity index (χ3v) is 3.11. The lowest BCUT2D eigenvalue weighted by Crippen LogP contribution is -2.49. The third-order valence-electron chi connectivity index (χ3n) is 3.11. The molecule has 1 saturated heterocycles. The molecule has 1 fully saturated rings. The molecular formula is C12H19N3O2. The van der Waals surface area contributed by atoms with Crippen molar-refractivity contribution in [3.8, 4) is 11.5 Å². The molecule has 5 heteroatoms. The summed E-state index contributed by atoms with van der Waals surface area (Å²) >= 11 is 0. The molecule has 2 N–H and O–H groups in total. The number of pyridine rings is 1. The Morgan fingerprint density at radius 2 is 2.18 bits per heavy atom. The zero-order chi connectivity index (χ0) is 12.3. The average molecular weight is 237 g/mol. The summed E-state index contributed by atoms with van der Waals surface area (Å²) in [6.07, 6.45) is 1.75. The molecule has 1 aliphatic rings. The summed E-state index contributed by atoms with van der Waals surface area (Å²) in [5.41, 5.74) is 6.52. The Morgan fingerprint density at radius 3 is 2.76 bits per heavy atom. The van der Waals surface area contributed by atoms with Crippen LogP contribution in [0.5, 0.6) is 11.5 Å². The number of ether oxygens (including phenoxy) is 2. The van der Waals surface area contributed by atoms with E-state index in [9.17, 15) is 0 Å². The van der Waals surface area contributed by atoms with Crippen molar-refractivity contribution in [3.63, 3.8) is 0 Å². The number of hydrogen-bond donors (Lipinski definition) is 1. The van der Waals surface area contributed by atoms with Crippen LogP contribution in [-0.2, 0) is 6.54 Å². The van der Waals surface area contributed by atoms with Crippen molar-refractivity contribution in [2.24, 2.45) is 11.7 Å². The van der Waals surface area contributed by atoms with Gasteiger partial charge in [-0.1, -0.05) is 0 Å². The molecule has 0 aromatic carbocycles. The summed E-state index contributed by atoms with van der Waals surface area (Å²) in [7, 11) is 3.28. The number of aromatic nitrogens is 1. The van der Waals surface area contributed by atoms with Crippen LogP contribution in [0, 0.1) is 5.92 Å². The molecule has 1 aliphatic heterocycles. The Kier molecular flexibility index (Phi) is 3.81. The molecule has 1 aromatic rings. The Bertz CT molecular complexity index is 378. The number of likely N-dealkylation sites (tertiary alicyclic amines) is 1. The van der Waals surface area contributed by atoms with Gasteiger partial charge in [0.15, 0.2) is 11.5 Å². The van der Waals surface area contributed by atoms with Gasteiger partial charge in [0.1, 0.15) is 5.69 Å². The highest BCUT2D eigenvalue weighted by molar-refractivity contribution is 5.42. The fraction of sp³-hybridized carbons (Fsp3) is 0.583. The lowest BCUT2D eigenvalue weighted by molar-refractivity contribution is 0.0952. The minimum Gasteiger partial charge on any atom is -0.493 e. The van der Waals surface area contributed by atoms with Crippen LogP contribution in [0.1, 0.15) is 5.69 Å². The van der Waals surface area contributed by atoms with Gasteiger partial charge in [-0.25, -0.2) is 0 Å². The molecule has 2 heterocycles. The molecule has 0 unspecified atom stereocenters. The second-order valence-corrected chi connectivity index (χ2v) is 4.29. The van der Waals surface area contributed by atoms with Crippen molar-refractivity contribution in [1.82, 2.24) is 9.88 Å². The van der Waals surface area contributed by atoms with E-state index in [2.05, 4.69) is 9.88 Å². The Balaban J connectivity index is 2.05. The number of hydrogen-bond acceptors (Lipinski definition) is 5. The monoisotopic (exact) mass is 237 g/mol. The van der Waals surface area contributed by atoms with Crippen molar-refractivity contribution in [3.05, 3.63) is 18.0 Å². The van der Waals surface area contributed by atoms with Crippen molar-refractivity contribution in [2.75, 3.05) is 33.9 Å². The first-order valence-corrected chi connectivity index (χ1v) is 5.76. The van der Waals surface area contributed by atoms with E-state index < -0.39 is 0 Å². The third kappa shape index (κ3) is 2.50. The fourth-order valence-electron chi connectivity index (χ4n) is 2.13. The summed E-state index contributed by atoms with van der Waals surface area (Å²) in [5, 5.41) is 0. The van der Waals surface area contributed by atoms with E-state index in [1.165, 1.54) is 0 Å². The number of methoxy groups -OCH3 is 2. The Hall–Kier alpha value is -1.33. The van der Waals surface area contributed by atoms with Crippen molar-refractivity contribution in [2.45, 2.75) is 6.54 Å². The zero-order valence-corrected chi connectivity index (χ0v) is 10.3. The van der Waals surface area contributed by atoms with Crippen molar-refractivity contribution >= 4 is 0 Å². The lowest BCUT2D eigenvalue weighted by atomic mass is 10.0. The minimum atomic E-state index is 0.631. The minimum absolute atomic E-state index is 0.631. The molecule has 0 radical (unpaired) electrons. The predicted molar refractivity (Wildman–Crippen MR) is 65.2 cm³/mol. The zero-order valence-electron chi connectivity index (χ0n) is 10.3. The first-order chi connectivity index (χ1) is 8.28. The van der Waals surface area contributed by atoms with E-state index in [4.69, 9.17) is 15.2 Å². The summed E-state index contributed by atoms with van der Waals surface area (Å²) < 4.78 is 10.6. The normalized spacial score (nSPS) is 16.6. The summed E-state index contributed by atoms with van der Waals surface area (Å²) in [5.74, 6) is 2.09. The van der Waals surface area contributed by atoms with Gasteiger partial charge in [-0.3, -0.25) is 9.88 Å². The van der Waals surface area contributed by atoms with Crippen LogP contribution >= 0.6 is 0 Å². The van der Waals surface area contributed by atoms with E-state index >= 15 is 0 Å². The van der Waals surface area contributed by atoms with Crippen LogP contribution < -0.4 is 15.2 Å². The molecule has 0 amide bonds. The van der Waals surface area contributed by atoms with Crippen molar-refractivity contribution < 1.29 is 9.47 Å². The van der Waals surface area contributed by atoms with Crippen molar-refractivity contribution in [1.29, 1.82) is 0 Å². The highest BCUT2D eigenvalue weighted by Gasteiger charge is 2.26. The van der Waals surface area contributed by atoms with E-state index in [0.29, 0.717) is 5.92 Å². The predicted octanol–water partition coefficient (Wildman–Crippen LogP) is 0.489. The molecular weight excluding hydrogens is 218 g/mol. The quantitative estimate of drug-likeness (QED) is 0.807. The summed E-state index contributed by atoms with van der Waals surface area (Å²) in [6, 6.07) is 1.81. The van der Waals surface area contributed by atoms with Crippen LogP contribution in [0.15, 0.2) is 12.3 Å². The fourth-order valence-corrected chi connectivity index (χ4v) is 2.13. The SMILES string of the molecule is COc1ccnc(CN2CC(CN)C2)c1OC. The number of nitrogens with two attached hydrogens (primary N) is 1. The maximum absolute atomic E-state index is 5.60. The van der Waals surface area contributed by atoms with Crippen LogP contribution in [0.2, 0.25) is 0 Å². The smallest absolute Gasteiger partial charge is 0.183 e. The molecule has 5 nitrogen and oxygen atoms in total. The lowest BCUT2D eigenvalue weighted by Gasteiger charge is -2.38. The maximum atomic E-state index is 5.60. The van der Waals surface area contributed by atoms with Gasteiger partial charge in [0.25, 0.3) is 0 Å². The van der Waals surface area contributed by atoms with Gasteiger partial charge in [0.05, 0.1) is 14.2 Å². The topological polar surface area (TPSA) is 60.6 Å². The molecule has 0 atom stereocenters. The van der Waals surface area contributed by atoms with Gasteiger partial charge in [0, 0.05) is 31.9 Å². The highest BCUT2D eigenvalue weighted by atomic mass is 16.5. The first-order valence-electron chi connectivity index (χ1n) is 5.76. The molecule has 1 aromatic heterocycles. The number of rotatable bonds is 5. The van der Waals surface area contributed by atoms with Gasteiger partial charge in [0.2, 0.25) is 0 Å². The van der Waals surface area contributed by atoms with Crippen LogP contribution in [0.3, 0.4) is 0 Å². The molecule has 0 saturated carbocycles. The number of nitrogens with zero attached hydrogens (tertiary/aromatic N) is 2. The average Bonchev–Trinajstić information content (AvgIpc) is 2.32. The second-order valence-electron chi connectivity index (χ2n) is 4.29. The molecule has 2 rings (SSSR count). The van der Waals surface area contributed by atoms with E-state index in [0.717, 1.165) is 43.4 Å². The van der Waals surface area contributed by atoms with Crippen LogP contribution in [0.25, 0.3) is 0 Å². The Labute approximate surface area is 102 Å². The molecule has 0 aliphatic carbocycles. The van der Waals surface area contributed by atoms with Crippen LogP contribution in [0.4, 0.5) is 0 Å². The maximum Gasteiger partial charge on any atom is 0.183 e. The summed E-state index contributed by atoms with van der Waals surface area (Å²) in [6.45, 7) is 3.63. The van der Waals surface area contributed by atoms with E-state index in [1.807, 2.05) is 0 Å². The summed E-state index contributed by atoms with van der Waals surface area (Å²) in [4.78, 5) is 6.66. The van der Waals surface area contributed by atoms with E-state index in [-0.39, 0.29) is 0 Å². The Morgan fingerprint density at radius 1 is 1.41 bits per heavy atom. The standard InChI is InChI=1S/C12H19N3O2/c1-16-11-3-4-14-10(12(11)17-2)8-15-6-9(5-13)7-15/h3-4,9H,5-8,13H2,1-2H3.